The normalized spacial score (nSPS) is 10.3. The fraction of sp³-hybridized carbons (Fsp3) is 0.786. The smallest absolute Gasteiger partial charge is 0.251 e. The average molecular weight is 303 g/mol. The molecule has 1 heterocycles. The lowest BCUT2D eigenvalue weighted by molar-refractivity contribution is -0.683. The van der Waals surface area contributed by atoms with Gasteiger partial charge in [-0.3, -0.25) is 0 Å². The lowest BCUT2D eigenvalue weighted by Crippen LogP contribution is -3.00. The van der Waals surface area contributed by atoms with Crippen molar-refractivity contribution in [2.75, 3.05) is 0 Å². The van der Waals surface area contributed by atoms with Crippen molar-refractivity contribution in [1.82, 2.24) is 4.98 Å². The Bertz CT molecular complexity index is 294. The molecule has 1 aromatic heterocycles. The van der Waals surface area contributed by atoms with Crippen LogP contribution in [0.3, 0.4) is 0 Å². The molecule has 0 aliphatic heterocycles. The van der Waals surface area contributed by atoms with Crippen molar-refractivity contribution in [2.45, 2.75) is 65.2 Å². The molecule has 0 saturated carbocycles. The van der Waals surface area contributed by atoms with Crippen molar-refractivity contribution in [3.8, 4) is 0 Å². The van der Waals surface area contributed by atoms with Crippen molar-refractivity contribution in [1.29, 1.82) is 0 Å². The van der Waals surface area contributed by atoms with E-state index in [1.54, 1.807) is 0 Å². The first-order valence-corrected chi connectivity index (χ1v) is 6.78. The van der Waals surface area contributed by atoms with Crippen molar-refractivity contribution in [2.24, 2.45) is 7.05 Å². The maximum absolute atomic E-state index is 3.27. The Morgan fingerprint density at radius 1 is 1.06 bits per heavy atom. The van der Waals surface area contributed by atoms with E-state index in [1.807, 2.05) is 0 Å². The fourth-order valence-electron chi connectivity index (χ4n) is 2.10. The lowest BCUT2D eigenvalue weighted by atomic mass is 10.1. The van der Waals surface area contributed by atoms with E-state index in [9.17, 15) is 0 Å². The third kappa shape index (κ3) is 6.25. The maximum atomic E-state index is 3.27. The molecule has 1 rings (SSSR count). The van der Waals surface area contributed by atoms with Crippen LogP contribution in [0.2, 0.25) is 0 Å². The summed E-state index contributed by atoms with van der Waals surface area (Å²) < 4.78 is 2.26. The number of nitrogens with one attached hydrogen (secondary N) is 1. The highest BCUT2D eigenvalue weighted by Gasteiger charge is 2.08. The highest BCUT2D eigenvalue weighted by molar-refractivity contribution is 4.89. The number of halogens is 1. The van der Waals surface area contributed by atoms with Crippen molar-refractivity contribution in [3.63, 3.8) is 0 Å². The number of aromatic nitrogens is 2. The van der Waals surface area contributed by atoms with Crippen LogP contribution in [-0.4, -0.2) is 4.98 Å². The molecule has 0 spiro atoms. The zero-order valence-corrected chi connectivity index (χ0v) is 13.1. The number of hydrogen-bond acceptors (Lipinski definition) is 0. The summed E-state index contributed by atoms with van der Waals surface area (Å²) in [5, 5.41) is 0. The van der Waals surface area contributed by atoms with Crippen LogP contribution in [0.1, 0.15) is 63.4 Å². The summed E-state index contributed by atoms with van der Waals surface area (Å²) in [6.07, 6.45) is 13.1. The Kier molecular flexibility index (Phi) is 9.52. The van der Waals surface area contributed by atoms with Gasteiger partial charge < -0.3 is 17.0 Å². The average Bonchev–Trinajstić information content (AvgIpc) is 2.59. The third-order valence-corrected chi connectivity index (χ3v) is 3.42. The Labute approximate surface area is 117 Å². The summed E-state index contributed by atoms with van der Waals surface area (Å²) in [6.45, 7) is 4.39. The predicted molar refractivity (Wildman–Crippen MR) is 68.4 cm³/mol. The standard InChI is InChI=1S/C14H26N2.BrH/c1-4-5-6-7-8-9-10-11-14-12-15-13(2)16(14)3;/h12H,4-11H2,1-3H3;1H. The molecule has 0 atom stereocenters. The first-order chi connectivity index (χ1) is 7.75. The minimum Gasteiger partial charge on any atom is -1.00 e. The van der Waals surface area contributed by atoms with Crippen LogP contribution in [0.25, 0.3) is 0 Å². The van der Waals surface area contributed by atoms with Gasteiger partial charge in [0, 0.05) is 13.3 Å². The van der Waals surface area contributed by atoms with Crippen LogP contribution in [0.15, 0.2) is 6.20 Å². The topological polar surface area (TPSA) is 19.7 Å². The van der Waals surface area contributed by atoms with E-state index in [-0.39, 0.29) is 17.0 Å². The highest BCUT2D eigenvalue weighted by Crippen LogP contribution is 2.08. The van der Waals surface area contributed by atoms with Gasteiger partial charge in [0.1, 0.15) is 11.9 Å². The summed E-state index contributed by atoms with van der Waals surface area (Å²) in [4.78, 5) is 3.27. The molecule has 0 aliphatic rings. The first-order valence-electron chi connectivity index (χ1n) is 6.78. The number of aryl methyl sites for hydroxylation is 2. The van der Waals surface area contributed by atoms with Gasteiger partial charge in [0.25, 0.3) is 5.82 Å². The molecule has 3 heteroatoms. The Balaban J connectivity index is 0.00000256. The van der Waals surface area contributed by atoms with E-state index in [4.69, 9.17) is 0 Å². The Morgan fingerprint density at radius 2 is 1.65 bits per heavy atom. The molecule has 0 unspecified atom stereocenters. The molecule has 0 fully saturated rings. The van der Waals surface area contributed by atoms with E-state index >= 15 is 0 Å². The van der Waals surface area contributed by atoms with Gasteiger partial charge in [-0.2, -0.15) is 0 Å². The van der Waals surface area contributed by atoms with Gasteiger partial charge >= 0.3 is 0 Å². The minimum atomic E-state index is 0. The monoisotopic (exact) mass is 302 g/mol. The minimum absolute atomic E-state index is 0. The summed E-state index contributed by atoms with van der Waals surface area (Å²) >= 11 is 0. The summed E-state index contributed by atoms with van der Waals surface area (Å²) in [6, 6.07) is 0. The molecule has 0 bridgehead atoms. The predicted octanol–water partition coefficient (Wildman–Crippen LogP) is 0.445. The van der Waals surface area contributed by atoms with Crippen LogP contribution in [0.4, 0.5) is 0 Å². The second kappa shape index (κ2) is 9.69. The van der Waals surface area contributed by atoms with Gasteiger partial charge in [0.15, 0.2) is 0 Å². The largest absolute Gasteiger partial charge is 1.00 e. The number of nitrogens with zero attached hydrogens (tertiary/aromatic N) is 1. The molecule has 1 N–H and O–H groups in total. The molecule has 2 nitrogen and oxygen atoms in total. The SMILES string of the molecule is CCCCCCCCCc1c[nH]c(C)[n+]1C.[Br-]. The number of rotatable bonds is 8. The van der Waals surface area contributed by atoms with Crippen LogP contribution in [0, 0.1) is 6.92 Å². The molecule has 0 radical (unpaired) electrons. The zero-order chi connectivity index (χ0) is 11.8. The van der Waals surface area contributed by atoms with E-state index in [0.717, 1.165) is 0 Å². The molecular weight excluding hydrogens is 276 g/mol. The summed E-state index contributed by atoms with van der Waals surface area (Å²) in [7, 11) is 2.14. The fourth-order valence-corrected chi connectivity index (χ4v) is 2.10. The molecule has 1 aromatic rings. The molecule has 100 valence electrons. The van der Waals surface area contributed by atoms with Gasteiger partial charge in [-0.05, 0) is 6.42 Å². The molecule has 17 heavy (non-hydrogen) atoms. The number of hydrogen-bond donors (Lipinski definition) is 1. The lowest BCUT2D eigenvalue weighted by Gasteiger charge is -2.00. The third-order valence-electron chi connectivity index (χ3n) is 3.42. The summed E-state index contributed by atoms with van der Waals surface area (Å²) in [5.41, 5.74) is 1.44. The number of H-pyrrole nitrogens is 1. The highest BCUT2D eigenvalue weighted by atomic mass is 79.9. The first kappa shape index (κ1) is 16.7. The second-order valence-corrected chi connectivity index (χ2v) is 4.80. The van der Waals surface area contributed by atoms with Gasteiger partial charge in [-0.15, -0.1) is 0 Å². The number of imidazole rings is 1. The molecule has 0 saturated heterocycles. The number of unbranched alkanes of at least 4 members (excludes halogenated alkanes) is 6. The van der Waals surface area contributed by atoms with Crippen LogP contribution < -0.4 is 21.5 Å². The van der Waals surface area contributed by atoms with Gasteiger partial charge in [0.05, 0.1) is 7.05 Å². The van der Waals surface area contributed by atoms with Crippen molar-refractivity contribution < 1.29 is 21.5 Å². The maximum Gasteiger partial charge on any atom is 0.251 e. The number of aromatic amines is 1. The van der Waals surface area contributed by atoms with Gasteiger partial charge in [-0.1, -0.05) is 45.4 Å². The van der Waals surface area contributed by atoms with E-state index in [1.165, 1.54) is 62.9 Å². The van der Waals surface area contributed by atoms with Gasteiger partial charge in [0.2, 0.25) is 0 Å². The van der Waals surface area contributed by atoms with Crippen LogP contribution in [-0.2, 0) is 13.5 Å². The van der Waals surface area contributed by atoms with Crippen molar-refractivity contribution in [3.05, 3.63) is 17.7 Å². The Hall–Kier alpha value is -0.310. The molecule has 0 amide bonds. The Morgan fingerprint density at radius 3 is 2.18 bits per heavy atom. The summed E-state index contributed by atoms with van der Waals surface area (Å²) in [5.74, 6) is 1.25. The molecular formula is C14H27BrN2. The van der Waals surface area contributed by atoms with Crippen LogP contribution in [0.5, 0.6) is 0 Å². The zero-order valence-electron chi connectivity index (χ0n) is 11.6. The molecule has 0 aliphatic carbocycles. The second-order valence-electron chi connectivity index (χ2n) is 4.80. The van der Waals surface area contributed by atoms with Crippen LogP contribution >= 0.6 is 0 Å². The quantitative estimate of drug-likeness (QED) is 0.531. The van der Waals surface area contributed by atoms with E-state index in [2.05, 4.69) is 36.6 Å². The van der Waals surface area contributed by atoms with Gasteiger partial charge in [-0.25, -0.2) is 9.55 Å². The molecule has 0 aromatic carbocycles. The van der Waals surface area contributed by atoms with E-state index in [0.29, 0.717) is 0 Å². The van der Waals surface area contributed by atoms with E-state index < -0.39 is 0 Å². The van der Waals surface area contributed by atoms with Crippen molar-refractivity contribution >= 4 is 0 Å².